The molecule has 164 valence electrons. The van der Waals surface area contributed by atoms with Crippen LogP contribution >= 0.6 is 0 Å². The first-order valence-electron chi connectivity index (χ1n) is 12.6. The molecule has 0 spiro atoms. The lowest BCUT2D eigenvalue weighted by Crippen LogP contribution is -2.48. The predicted molar refractivity (Wildman–Crippen MR) is 120 cm³/mol. The van der Waals surface area contributed by atoms with Gasteiger partial charge in [-0.05, 0) is 85.4 Å². The number of carbonyl (C=O) groups is 1. The Balaban J connectivity index is 1.59. The highest BCUT2D eigenvalue weighted by Gasteiger charge is 2.57. The summed E-state index contributed by atoms with van der Waals surface area (Å²) in [7, 11) is 0. The molecule has 0 aromatic carbocycles. The van der Waals surface area contributed by atoms with Crippen molar-refractivity contribution in [1.82, 2.24) is 0 Å². The van der Waals surface area contributed by atoms with E-state index in [4.69, 9.17) is 0 Å². The lowest BCUT2D eigenvalue weighted by molar-refractivity contribution is -0.115. The fourth-order valence-electron chi connectivity index (χ4n) is 8.22. The van der Waals surface area contributed by atoms with Crippen molar-refractivity contribution in [3.8, 4) is 0 Å². The lowest BCUT2D eigenvalue weighted by atomic mass is 9.48. The topological polar surface area (TPSA) is 37.3 Å². The zero-order chi connectivity index (χ0) is 21.0. The van der Waals surface area contributed by atoms with Crippen LogP contribution in [0.25, 0.3) is 0 Å². The number of aliphatic hydroxyl groups excluding tert-OH is 1. The van der Waals surface area contributed by atoms with Crippen molar-refractivity contribution in [3.63, 3.8) is 0 Å². The third-order valence-corrected chi connectivity index (χ3v) is 9.96. The molecule has 4 aliphatic rings. The zero-order valence-corrected chi connectivity index (χ0v) is 19.6. The molecule has 2 heteroatoms. The summed E-state index contributed by atoms with van der Waals surface area (Å²) in [6.07, 6.45) is 12.4. The number of rotatable bonds is 5. The molecule has 0 aromatic rings. The summed E-state index contributed by atoms with van der Waals surface area (Å²) in [6, 6.07) is 0. The highest BCUT2D eigenvalue weighted by molar-refractivity contribution is 6.00. The minimum absolute atomic E-state index is 0.0969. The highest BCUT2D eigenvalue weighted by Crippen LogP contribution is 2.65. The average molecular weight is 401 g/mol. The van der Waals surface area contributed by atoms with Gasteiger partial charge in [-0.3, -0.25) is 4.79 Å². The van der Waals surface area contributed by atoms with E-state index in [0.717, 1.165) is 38.0 Å². The number of fused-ring (bicyclic) bond motifs is 4. The molecular formula is C27H44O2. The summed E-state index contributed by atoms with van der Waals surface area (Å²) in [5.41, 5.74) is 3.29. The third kappa shape index (κ3) is 3.56. The molecular weight excluding hydrogens is 356 g/mol. The van der Waals surface area contributed by atoms with Gasteiger partial charge in [-0.15, -0.1) is 0 Å². The van der Waals surface area contributed by atoms with Crippen LogP contribution in [0.3, 0.4) is 0 Å². The van der Waals surface area contributed by atoms with Crippen molar-refractivity contribution in [2.24, 2.45) is 40.4 Å². The van der Waals surface area contributed by atoms with Crippen LogP contribution in [0.5, 0.6) is 0 Å². The second kappa shape index (κ2) is 7.81. The molecule has 0 aliphatic heterocycles. The molecule has 7 atom stereocenters. The second-order valence-electron chi connectivity index (χ2n) is 12.1. The summed E-state index contributed by atoms with van der Waals surface area (Å²) in [6.45, 7) is 12.0. The van der Waals surface area contributed by atoms with Crippen LogP contribution in [0.4, 0.5) is 0 Å². The first-order valence-corrected chi connectivity index (χ1v) is 12.6. The van der Waals surface area contributed by atoms with E-state index in [1.807, 2.05) is 0 Å². The minimum atomic E-state index is -0.0969. The first-order chi connectivity index (χ1) is 13.7. The largest absolute Gasteiger partial charge is 0.393 e. The smallest absolute Gasteiger partial charge is 0.159 e. The van der Waals surface area contributed by atoms with E-state index in [-0.39, 0.29) is 11.5 Å². The third-order valence-electron chi connectivity index (χ3n) is 9.96. The maximum Gasteiger partial charge on any atom is 0.159 e. The van der Waals surface area contributed by atoms with E-state index < -0.39 is 0 Å². The average Bonchev–Trinajstić information content (AvgIpc) is 2.93. The second-order valence-corrected chi connectivity index (χ2v) is 12.1. The van der Waals surface area contributed by atoms with Gasteiger partial charge in [0.05, 0.1) is 6.10 Å². The van der Waals surface area contributed by atoms with Gasteiger partial charge in [-0.25, -0.2) is 0 Å². The van der Waals surface area contributed by atoms with Crippen molar-refractivity contribution in [1.29, 1.82) is 0 Å². The van der Waals surface area contributed by atoms with E-state index in [1.54, 1.807) is 5.57 Å². The molecule has 29 heavy (non-hydrogen) atoms. The summed E-state index contributed by atoms with van der Waals surface area (Å²) in [5.74, 6) is 3.70. The number of ketones is 1. The van der Waals surface area contributed by atoms with Gasteiger partial charge in [0.25, 0.3) is 0 Å². The Labute approximate surface area is 178 Å². The van der Waals surface area contributed by atoms with Gasteiger partial charge in [-0.2, -0.15) is 0 Å². The summed E-state index contributed by atoms with van der Waals surface area (Å²) in [5, 5.41) is 10.2. The van der Waals surface area contributed by atoms with Crippen LogP contribution in [-0.4, -0.2) is 17.0 Å². The summed E-state index contributed by atoms with van der Waals surface area (Å²) >= 11 is 0. The predicted octanol–water partition coefficient (Wildman–Crippen LogP) is 6.71. The number of hydrogen-bond donors (Lipinski definition) is 1. The Morgan fingerprint density at radius 2 is 1.83 bits per heavy atom. The maximum absolute atomic E-state index is 13.4. The van der Waals surface area contributed by atoms with Gasteiger partial charge in [0.15, 0.2) is 5.78 Å². The molecule has 0 aromatic heterocycles. The van der Waals surface area contributed by atoms with Crippen LogP contribution in [0.15, 0.2) is 11.1 Å². The monoisotopic (exact) mass is 400 g/mol. The standard InChI is InChI=1S/C27H44O2/c1-17(2)7-6-8-18(3)23-16-24(29)25-21-10-9-19-15-20(28)11-13-26(19,4)22(21)12-14-27(23,25)5/h17-20,22-23,28H,6-16H2,1-5H3/t18-,19+,20-,22-,23-,26+,27-/m1/s1. The molecule has 3 fully saturated rings. The highest BCUT2D eigenvalue weighted by atomic mass is 16.3. The van der Waals surface area contributed by atoms with Crippen LogP contribution in [0, 0.1) is 40.4 Å². The number of allylic oxidation sites excluding steroid dienone is 2. The van der Waals surface area contributed by atoms with Crippen LogP contribution in [0.1, 0.15) is 105 Å². The lowest BCUT2D eigenvalue weighted by Gasteiger charge is -2.56. The van der Waals surface area contributed by atoms with Gasteiger partial charge in [0.1, 0.15) is 0 Å². The maximum atomic E-state index is 13.4. The Morgan fingerprint density at radius 3 is 2.55 bits per heavy atom. The van der Waals surface area contributed by atoms with Gasteiger partial charge >= 0.3 is 0 Å². The number of Topliss-reactive ketones (excluding diaryl/α,β-unsaturated/α-hetero) is 1. The fourth-order valence-corrected chi connectivity index (χ4v) is 8.22. The molecule has 1 N–H and O–H groups in total. The van der Waals surface area contributed by atoms with E-state index in [9.17, 15) is 9.90 Å². The van der Waals surface area contributed by atoms with Crippen molar-refractivity contribution in [2.75, 3.05) is 0 Å². The van der Waals surface area contributed by atoms with E-state index in [1.165, 1.54) is 44.1 Å². The van der Waals surface area contributed by atoms with Gasteiger partial charge in [0.2, 0.25) is 0 Å². The molecule has 4 rings (SSSR count). The van der Waals surface area contributed by atoms with E-state index >= 15 is 0 Å². The normalized spacial score (nSPS) is 43.2. The molecule has 0 amide bonds. The quantitative estimate of drug-likeness (QED) is 0.556. The Morgan fingerprint density at radius 1 is 1.07 bits per heavy atom. The molecule has 0 radical (unpaired) electrons. The van der Waals surface area contributed by atoms with Crippen LogP contribution < -0.4 is 0 Å². The number of hydrogen-bond acceptors (Lipinski definition) is 2. The summed E-state index contributed by atoms with van der Waals surface area (Å²) < 4.78 is 0. The van der Waals surface area contributed by atoms with Gasteiger partial charge in [-0.1, -0.05) is 59.5 Å². The van der Waals surface area contributed by atoms with Gasteiger partial charge < -0.3 is 5.11 Å². The first kappa shape index (κ1) is 21.6. The zero-order valence-electron chi connectivity index (χ0n) is 19.6. The van der Waals surface area contributed by atoms with Gasteiger partial charge in [0, 0.05) is 12.0 Å². The van der Waals surface area contributed by atoms with E-state index in [2.05, 4.69) is 34.6 Å². The van der Waals surface area contributed by atoms with Crippen molar-refractivity contribution >= 4 is 5.78 Å². The number of carbonyl (C=O) groups excluding carboxylic acids is 1. The molecule has 2 nitrogen and oxygen atoms in total. The van der Waals surface area contributed by atoms with Crippen LogP contribution in [-0.2, 0) is 4.79 Å². The van der Waals surface area contributed by atoms with Crippen molar-refractivity contribution in [3.05, 3.63) is 11.1 Å². The Bertz CT molecular complexity index is 676. The SMILES string of the molecule is CC(C)CCC[C@@H](C)[C@H]1CC(=O)C2=C3CC[C@H]4C[C@H](O)CC[C@]4(C)[C@@H]3CC[C@@]21C. The molecule has 3 saturated carbocycles. The molecule has 4 aliphatic carbocycles. The van der Waals surface area contributed by atoms with E-state index in [0.29, 0.717) is 34.9 Å². The Hall–Kier alpha value is -0.630. The van der Waals surface area contributed by atoms with Crippen molar-refractivity contribution in [2.45, 2.75) is 111 Å². The summed E-state index contributed by atoms with van der Waals surface area (Å²) in [4.78, 5) is 13.4. The van der Waals surface area contributed by atoms with Crippen LogP contribution in [0.2, 0.25) is 0 Å². The number of aliphatic hydroxyl groups is 1. The Kier molecular flexibility index (Phi) is 5.82. The minimum Gasteiger partial charge on any atom is -0.393 e. The molecule has 0 saturated heterocycles. The molecule has 0 unspecified atom stereocenters. The molecule has 0 heterocycles. The van der Waals surface area contributed by atoms with Crippen molar-refractivity contribution < 1.29 is 9.90 Å². The molecule has 0 bridgehead atoms. The fraction of sp³-hybridized carbons (Fsp3) is 0.889.